The van der Waals surface area contributed by atoms with Crippen molar-refractivity contribution < 1.29 is 9.59 Å². The zero-order chi connectivity index (χ0) is 17.7. The molecule has 5 heteroatoms. The highest BCUT2D eigenvalue weighted by molar-refractivity contribution is 5.97. The predicted octanol–water partition coefficient (Wildman–Crippen LogP) is 3.70. The Morgan fingerprint density at radius 1 is 0.917 bits per heavy atom. The van der Waals surface area contributed by atoms with Crippen molar-refractivity contribution in [1.82, 2.24) is 0 Å². The van der Waals surface area contributed by atoms with E-state index < -0.39 is 6.04 Å². The first kappa shape index (κ1) is 17.5. The molecule has 0 saturated heterocycles. The zero-order valence-electron chi connectivity index (χ0n) is 14.4. The number of nitrogens with one attached hydrogen (secondary N) is 3. The lowest BCUT2D eigenvalue weighted by molar-refractivity contribution is -0.116. The van der Waals surface area contributed by atoms with Crippen molar-refractivity contribution in [2.45, 2.75) is 33.7 Å². The van der Waals surface area contributed by atoms with Gasteiger partial charge in [0.25, 0.3) is 0 Å². The molecule has 0 aliphatic rings. The van der Waals surface area contributed by atoms with E-state index in [1.54, 1.807) is 12.1 Å². The van der Waals surface area contributed by atoms with E-state index in [2.05, 4.69) is 16.0 Å². The molecule has 0 saturated carbocycles. The smallest absolute Gasteiger partial charge is 0.246 e. The van der Waals surface area contributed by atoms with Gasteiger partial charge in [-0.3, -0.25) is 9.59 Å². The molecule has 0 aliphatic carbocycles. The van der Waals surface area contributed by atoms with Crippen LogP contribution in [0, 0.1) is 13.8 Å². The van der Waals surface area contributed by atoms with Gasteiger partial charge in [0.2, 0.25) is 11.8 Å². The van der Waals surface area contributed by atoms with Gasteiger partial charge in [-0.15, -0.1) is 0 Å². The van der Waals surface area contributed by atoms with Gasteiger partial charge in [-0.05, 0) is 62.2 Å². The number of benzene rings is 2. The number of anilines is 3. The number of carbonyl (C=O) groups is 2. The lowest BCUT2D eigenvalue weighted by Gasteiger charge is -2.17. The Bertz CT molecular complexity index is 739. The van der Waals surface area contributed by atoms with Crippen molar-refractivity contribution in [2.24, 2.45) is 0 Å². The minimum atomic E-state index is -0.392. The van der Waals surface area contributed by atoms with Gasteiger partial charge in [-0.25, -0.2) is 0 Å². The van der Waals surface area contributed by atoms with Crippen LogP contribution in [0.3, 0.4) is 0 Å². The zero-order valence-corrected chi connectivity index (χ0v) is 14.4. The molecule has 126 valence electrons. The van der Waals surface area contributed by atoms with Crippen molar-refractivity contribution in [1.29, 1.82) is 0 Å². The first-order valence-corrected chi connectivity index (χ1v) is 7.87. The molecule has 0 spiro atoms. The molecule has 0 radical (unpaired) electrons. The SMILES string of the molecule is CC(=O)Nc1ccc(NC(C)C(=O)Nc2cc(C)ccc2C)cc1. The van der Waals surface area contributed by atoms with E-state index in [9.17, 15) is 9.59 Å². The summed E-state index contributed by atoms with van der Waals surface area (Å²) in [6.07, 6.45) is 0. The molecule has 5 nitrogen and oxygen atoms in total. The summed E-state index contributed by atoms with van der Waals surface area (Å²) < 4.78 is 0. The largest absolute Gasteiger partial charge is 0.374 e. The third-order valence-corrected chi connectivity index (χ3v) is 3.63. The summed E-state index contributed by atoms with van der Waals surface area (Å²) in [7, 11) is 0. The maximum Gasteiger partial charge on any atom is 0.246 e. The Morgan fingerprint density at radius 2 is 1.54 bits per heavy atom. The van der Waals surface area contributed by atoms with Crippen molar-refractivity contribution in [3.05, 3.63) is 53.6 Å². The molecular formula is C19H23N3O2. The lowest BCUT2D eigenvalue weighted by Crippen LogP contribution is -2.32. The quantitative estimate of drug-likeness (QED) is 0.785. The van der Waals surface area contributed by atoms with Crippen LogP contribution in [-0.2, 0) is 9.59 Å². The van der Waals surface area contributed by atoms with Crippen LogP contribution in [0.25, 0.3) is 0 Å². The topological polar surface area (TPSA) is 70.2 Å². The van der Waals surface area contributed by atoms with Gasteiger partial charge in [0.15, 0.2) is 0 Å². The minimum absolute atomic E-state index is 0.102. The van der Waals surface area contributed by atoms with E-state index in [1.165, 1.54) is 6.92 Å². The molecule has 1 unspecified atom stereocenters. The molecule has 3 N–H and O–H groups in total. The van der Waals surface area contributed by atoms with E-state index >= 15 is 0 Å². The van der Waals surface area contributed by atoms with Crippen LogP contribution in [-0.4, -0.2) is 17.9 Å². The van der Waals surface area contributed by atoms with Gasteiger partial charge < -0.3 is 16.0 Å². The average Bonchev–Trinajstić information content (AvgIpc) is 2.52. The second kappa shape index (κ2) is 7.64. The fourth-order valence-electron chi connectivity index (χ4n) is 2.28. The highest BCUT2D eigenvalue weighted by Crippen LogP contribution is 2.18. The number of carbonyl (C=O) groups excluding carboxylic acids is 2. The number of hydrogen-bond acceptors (Lipinski definition) is 3. The summed E-state index contributed by atoms with van der Waals surface area (Å²) in [5.74, 6) is -0.216. The van der Waals surface area contributed by atoms with Crippen LogP contribution < -0.4 is 16.0 Å². The predicted molar refractivity (Wildman–Crippen MR) is 98.4 cm³/mol. The van der Waals surface area contributed by atoms with Crippen molar-refractivity contribution in [2.75, 3.05) is 16.0 Å². The molecule has 2 aromatic carbocycles. The Balaban J connectivity index is 1.98. The fourth-order valence-corrected chi connectivity index (χ4v) is 2.28. The second-order valence-corrected chi connectivity index (χ2v) is 5.93. The summed E-state index contributed by atoms with van der Waals surface area (Å²) in [4.78, 5) is 23.4. The molecular weight excluding hydrogens is 302 g/mol. The van der Waals surface area contributed by atoms with E-state index in [0.717, 1.165) is 28.2 Å². The minimum Gasteiger partial charge on any atom is -0.374 e. The molecule has 2 amide bonds. The first-order valence-electron chi connectivity index (χ1n) is 7.87. The highest BCUT2D eigenvalue weighted by atomic mass is 16.2. The molecule has 0 heterocycles. The fraction of sp³-hybridized carbons (Fsp3) is 0.263. The standard InChI is InChI=1S/C19H23N3O2/c1-12-5-6-13(2)18(11-12)22-19(24)14(3)20-16-7-9-17(10-8-16)21-15(4)23/h5-11,14,20H,1-4H3,(H,21,23)(H,22,24). The number of aryl methyl sites for hydroxylation is 2. The van der Waals surface area contributed by atoms with Crippen LogP contribution >= 0.6 is 0 Å². The molecule has 0 aliphatic heterocycles. The molecule has 2 rings (SSSR count). The van der Waals surface area contributed by atoms with E-state index in [0.29, 0.717) is 0 Å². The van der Waals surface area contributed by atoms with Crippen LogP contribution in [0.4, 0.5) is 17.1 Å². The summed E-state index contributed by atoms with van der Waals surface area (Å²) in [5, 5.41) is 8.81. The number of rotatable bonds is 5. The van der Waals surface area contributed by atoms with Gasteiger partial charge in [0.1, 0.15) is 6.04 Å². The summed E-state index contributed by atoms with van der Waals surface area (Å²) in [5.41, 5.74) is 4.49. The molecule has 1 atom stereocenters. The third kappa shape index (κ3) is 4.84. The molecule has 24 heavy (non-hydrogen) atoms. The van der Waals surface area contributed by atoms with E-state index in [1.807, 2.05) is 51.1 Å². The Labute approximate surface area is 142 Å². The van der Waals surface area contributed by atoms with Crippen molar-refractivity contribution in [3.63, 3.8) is 0 Å². The average molecular weight is 325 g/mol. The number of hydrogen-bond donors (Lipinski definition) is 3. The molecule has 0 fully saturated rings. The summed E-state index contributed by atoms with van der Waals surface area (Å²) in [6, 6.07) is 12.8. The Morgan fingerprint density at radius 3 is 2.17 bits per heavy atom. The molecule has 0 aromatic heterocycles. The third-order valence-electron chi connectivity index (χ3n) is 3.63. The first-order chi connectivity index (χ1) is 11.3. The van der Waals surface area contributed by atoms with Crippen LogP contribution in [0.15, 0.2) is 42.5 Å². The van der Waals surface area contributed by atoms with Gasteiger partial charge in [0.05, 0.1) is 0 Å². The monoisotopic (exact) mass is 325 g/mol. The highest BCUT2D eigenvalue weighted by Gasteiger charge is 2.14. The molecule has 0 bridgehead atoms. The van der Waals surface area contributed by atoms with Gasteiger partial charge in [-0.1, -0.05) is 12.1 Å². The number of amides is 2. The Hall–Kier alpha value is -2.82. The Kier molecular flexibility index (Phi) is 5.58. The molecule has 2 aromatic rings. The second-order valence-electron chi connectivity index (χ2n) is 5.93. The van der Waals surface area contributed by atoms with Gasteiger partial charge in [0, 0.05) is 24.0 Å². The maximum absolute atomic E-state index is 12.4. The summed E-state index contributed by atoms with van der Waals surface area (Å²) >= 11 is 0. The van der Waals surface area contributed by atoms with Crippen molar-refractivity contribution in [3.8, 4) is 0 Å². The lowest BCUT2D eigenvalue weighted by atomic mass is 10.1. The van der Waals surface area contributed by atoms with E-state index in [-0.39, 0.29) is 11.8 Å². The van der Waals surface area contributed by atoms with Gasteiger partial charge >= 0.3 is 0 Å². The normalized spacial score (nSPS) is 11.5. The van der Waals surface area contributed by atoms with Crippen LogP contribution in [0.2, 0.25) is 0 Å². The van der Waals surface area contributed by atoms with Crippen LogP contribution in [0.5, 0.6) is 0 Å². The van der Waals surface area contributed by atoms with Crippen LogP contribution in [0.1, 0.15) is 25.0 Å². The summed E-state index contributed by atoms with van der Waals surface area (Å²) in [6.45, 7) is 7.23. The van der Waals surface area contributed by atoms with Crippen molar-refractivity contribution >= 4 is 28.9 Å². The maximum atomic E-state index is 12.4. The van der Waals surface area contributed by atoms with E-state index in [4.69, 9.17) is 0 Å². The van der Waals surface area contributed by atoms with Gasteiger partial charge in [-0.2, -0.15) is 0 Å².